The Morgan fingerprint density at radius 2 is 1.81 bits per heavy atom. The predicted octanol–water partition coefficient (Wildman–Crippen LogP) is 8.54. The van der Waals surface area contributed by atoms with Gasteiger partial charge >= 0.3 is 0 Å². The molecule has 0 aromatic rings. The Morgan fingerprint density at radius 1 is 1.03 bits per heavy atom. The van der Waals surface area contributed by atoms with Crippen LogP contribution in [-0.2, 0) is 0 Å². The molecule has 2 heteroatoms. The first-order chi connectivity index (χ1) is 14.6. The molecule has 31 heavy (non-hydrogen) atoms. The van der Waals surface area contributed by atoms with Crippen molar-refractivity contribution in [2.45, 2.75) is 117 Å². The molecule has 0 unspecified atom stereocenters. The first-order valence-electron chi connectivity index (χ1n) is 13.6. The molecule has 0 aromatic heterocycles. The van der Waals surface area contributed by atoms with Gasteiger partial charge in [-0.15, -0.1) is 0 Å². The molecule has 1 nitrogen and oxygen atoms in total. The van der Waals surface area contributed by atoms with Crippen LogP contribution in [0.1, 0.15) is 112 Å². The van der Waals surface area contributed by atoms with Gasteiger partial charge < -0.3 is 5.11 Å². The zero-order valence-electron chi connectivity index (χ0n) is 21.1. The second-order valence-corrected chi connectivity index (χ2v) is 13.9. The molecule has 0 radical (unpaired) electrons. The van der Waals surface area contributed by atoms with Gasteiger partial charge in [-0.1, -0.05) is 81.5 Å². The predicted molar refractivity (Wildman–Crippen MR) is 136 cm³/mol. The maximum atomic E-state index is 11.1. The minimum Gasteiger partial charge on any atom is -0.390 e. The van der Waals surface area contributed by atoms with Gasteiger partial charge in [0.1, 0.15) is 0 Å². The lowest BCUT2D eigenvalue weighted by Gasteiger charge is -2.59. The topological polar surface area (TPSA) is 20.2 Å². The zero-order chi connectivity index (χ0) is 22.4. The van der Waals surface area contributed by atoms with Crippen molar-refractivity contribution in [2.24, 2.45) is 46.3 Å². The van der Waals surface area contributed by atoms with E-state index >= 15 is 0 Å². The number of halogens is 1. The Balaban J connectivity index is 1.49. The lowest BCUT2D eigenvalue weighted by Crippen LogP contribution is -2.52. The Morgan fingerprint density at radius 3 is 2.52 bits per heavy atom. The van der Waals surface area contributed by atoms with Gasteiger partial charge in [0.2, 0.25) is 0 Å². The smallest absolute Gasteiger partial charge is 0.0693 e. The van der Waals surface area contributed by atoms with E-state index in [2.05, 4.69) is 56.6 Å². The van der Waals surface area contributed by atoms with E-state index in [9.17, 15) is 5.11 Å². The molecule has 0 aromatic carbocycles. The van der Waals surface area contributed by atoms with E-state index in [-0.39, 0.29) is 0 Å². The molecule has 3 fully saturated rings. The molecule has 0 aliphatic heterocycles. The normalized spacial score (nSPS) is 45.6. The third-order valence-corrected chi connectivity index (χ3v) is 11.4. The van der Waals surface area contributed by atoms with E-state index in [1.54, 1.807) is 5.57 Å². The monoisotopic (exact) mass is 492 g/mol. The number of alkyl halides is 1. The van der Waals surface area contributed by atoms with Crippen molar-refractivity contribution in [1.82, 2.24) is 0 Å². The Kier molecular flexibility index (Phi) is 7.13. The summed E-state index contributed by atoms with van der Waals surface area (Å²) in [5, 5.41) is 12.1. The first-order valence-corrected chi connectivity index (χ1v) is 14.7. The van der Waals surface area contributed by atoms with Gasteiger partial charge in [-0.05, 0) is 104 Å². The van der Waals surface area contributed by atoms with Gasteiger partial charge in [-0.25, -0.2) is 0 Å². The summed E-state index contributed by atoms with van der Waals surface area (Å²) < 4.78 is 0. The van der Waals surface area contributed by atoms with Crippen molar-refractivity contribution < 1.29 is 5.11 Å². The number of hydrogen-bond acceptors (Lipinski definition) is 1. The highest BCUT2D eigenvalue weighted by atomic mass is 79.9. The summed E-state index contributed by atoms with van der Waals surface area (Å²) >= 11 is 3.57. The number of aliphatic hydroxyl groups is 1. The number of fused-ring (bicyclic) bond motifs is 5. The van der Waals surface area contributed by atoms with Crippen molar-refractivity contribution in [3.8, 4) is 0 Å². The van der Waals surface area contributed by atoms with Gasteiger partial charge in [-0.2, -0.15) is 0 Å². The van der Waals surface area contributed by atoms with Crippen LogP contribution in [0.3, 0.4) is 0 Å². The SMILES string of the molecule is CC(C)CCC[C@@H](C)[C@H]1CC[C@H]2[C@@H]3CC=C4C[C@](O)(CCBr)CC[C@]4(C)[C@H]3CC[C@]12C. The van der Waals surface area contributed by atoms with Crippen LogP contribution in [0.5, 0.6) is 0 Å². The molecule has 0 spiro atoms. The molecule has 0 heterocycles. The molecule has 1 N–H and O–H groups in total. The molecule has 0 bridgehead atoms. The minimum atomic E-state index is -0.464. The van der Waals surface area contributed by atoms with Gasteiger partial charge in [0.15, 0.2) is 0 Å². The Hall–Kier alpha value is 0.180. The van der Waals surface area contributed by atoms with Crippen molar-refractivity contribution in [3.63, 3.8) is 0 Å². The maximum Gasteiger partial charge on any atom is 0.0693 e. The van der Waals surface area contributed by atoms with E-state index in [1.807, 2.05) is 0 Å². The fourth-order valence-corrected chi connectivity index (χ4v) is 9.86. The fraction of sp³-hybridized carbons (Fsp3) is 0.931. The highest BCUT2D eigenvalue weighted by molar-refractivity contribution is 9.09. The van der Waals surface area contributed by atoms with E-state index in [1.165, 1.54) is 57.8 Å². The van der Waals surface area contributed by atoms with Crippen LogP contribution in [0.2, 0.25) is 0 Å². The number of allylic oxidation sites excluding steroid dienone is 1. The van der Waals surface area contributed by atoms with Gasteiger partial charge in [-0.3, -0.25) is 0 Å². The highest BCUT2D eigenvalue weighted by Gasteiger charge is 2.59. The Labute approximate surface area is 201 Å². The maximum absolute atomic E-state index is 11.1. The molecule has 4 aliphatic rings. The van der Waals surface area contributed by atoms with Crippen LogP contribution in [0, 0.1) is 46.3 Å². The summed E-state index contributed by atoms with van der Waals surface area (Å²) in [5.41, 5.74) is 2.08. The minimum absolute atomic E-state index is 0.351. The summed E-state index contributed by atoms with van der Waals surface area (Å²) in [4.78, 5) is 0. The van der Waals surface area contributed by atoms with E-state index in [0.29, 0.717) is 10.8 Å². The van der Waals surface area contributed by atoms with Crippen molar-refractivity contribution >= 4 is 15.9 Å². The lowest BCUT2D eigenvalue weighted by molar-refractivity contribution is -0.0751. The van der Waals surface area contributed by atoms with Crippen LogP contribution in [0.25, 0.3) is 0 Å². The summed E-state index contributed by atoms with van der Waals surface area (Å²) in [6.45, 7) is 12.6. The van der Waals surface area contributed by atoms with Crippen molar-refractivity contribution in [1.29, 1.82) is 0 Å². The Bertz CT molecular complexity index is 670. The summed E-state index contributed by atoms with van der Waals surface area (Å²) in [5.74, 6) is 5.36. The number of hydrogen-bond donors (Lipinski definition) is 1. The van der Waals surface area contributed by atoms with E-state index in [0.717, 1.165) is 60.1 Å². The highest BCUT2D eigenvalue weighted by Crippen LogP contribution is 2.67. The fourth-order valence-electron chi connectivity index (χ4n) is 9.13. The van der Waals surface area contributed by atoms with E-state index in [4.69, 9.17) is 0 Å². The first kappa shape index (κ1) is 24.3. The van der Waals surface area contributed by atoms with Crippen LogP contribution in [-0.4, -0.2) is 16.0 Å². The molecular weight excluding hydrogens is 444 g/mol. The summed E-state index contributed by atoms with van der Waals surface area (Å²) in [6.07, 6.45) is 18.0. The summed E-state index contributed by atoms with van der Waals surface area (Å²) in [7, 11) is 0. The second kappa shape index (κ2) is 9.09. The molecule has 3 saturated carbocycles. The van der Waals surface area contributed by atoms with Crippen molar-refractivity contribution in [3.05, 3.63) is 11.6 Å². The van der Waals surface area contributed by atoms with Crippen molar-refractivity contribution in [2.75, 3.05) is 5.33 Å². The largest absolute Gasteiger partial charge is 0.390 e. The zero-order valence-corrected chi connectivity index (χ0v) is 22.6. The quantitative estimate of drug-likeness (QED) is 0.278. The van der Waals surface area contributed by atoms with Gasteiger partial charge in [0.05, 0.1) is 5.60 Å². The molecule has 0 saturated heterocycles. The second-order valence-electron chi connectivity index (χ2n) is 13.1. The van der Waals surface area contributed by atoms with Crippen LogP contribution >= 0.6 is 15.9 Å². The van der Waals surface area contributed by atoms with Crippen LogP contribution in [0.4, 0.5) is 0 Å². The molecule has 4 aliphatic carbocycles. The third-order valence-electron chi connectivity index (χ3n) is 11.0. The van der Waals surface area contributed by atoms with Gasteiger partial charge in [0.25, 0.3) is 0 Å². The standard InChI is InChI=1S/C29H49BrO/c1-20(2)7-6-8-21(3)24-11-12-25-23-10-9-22-19-29(31,17-18-30)16-15-27(22,4)26(23)13-14-28(24,25)5/h9,20-21,23-26,31H,6-8,10-19H2,1-5H3/t21-,23+,24-,25+,26+,27+,28-,29-/m1/s1. The molecule has 0 amide bonds. The molecular formula is C29H49BrO. The van der Waals surface area contributed by atoms with Gasteiger partial charge in [0, 0.05) is 5.33 Å². The molecule has 4 rings (SSSR count). The molecule has 178 valence electrons. The average Bonchev–Trinajstić information content (AvgIpc) is 3.06. The van der Waals surface area contributed by atoms with Crippen LogP contribution in [0.15, 0.2) is 11.6 Å². The lowest BCUT2D eigenvalue weighted by atomic mass is 9.46. The third kappa shape index (κ3) is 4.36. The summed E-state index contributed by atoms with van der Waals surface area (Å²) in [6, 6.07) is 0. The average molecular weight is 494 g/mol. The van der Waals surface area contributed by atoms with Crippen LogP contribution < -0.4 is 0 Å². The number of rotatable bonds is 7. The molecule has 8 atom stereocenters. The van der Waals surface area contributed by atoms with E-state index < -0.39 is 5.60 Å².